The molecular formula is C15H26N4O7S. The van der Waals surface area contributed by atoms with Crippen LogP contribution in [0.25, 0.3) is 0 Å². The van der Waals surface area contributed by atoms with Gasteiger partial charge in [-0.3, -0.25) is 19.2 Å². The highest BCUT2D eigenvalue weighted by Crippen LogP contribution is 2.03. The predicted octanol–water partition coefficient (Wildman–Crippen LogP) is -2.07. The van der Waals surface area contributed by atoms with Crippen molar-refractivity contribution < 1.29 is 34.2 Å². The number of amides is 3. The van der Waals surface area contributed by atoms with E-state index in [4.69, 9.17) is 15.9 Å². The number of hydrogen-bond acceptors (Lipinski definition) is 7. The second-order valence-corrected chi connectivity index (χ2v) is 6.63. The highest BCUT2D eigenvalue weighted by molar-refractivity contribution is 7.80. The number of carbonyl (C=O) groups excluding carboxylic acids is 3. The van der Waals surface area contributed by atoms with E-state index in [1.54, 1.807) is 13.8 Å². The lowest BCUT2D eigenvalue weighted by atomic mass is 10.0. The molecule has 4 unspecified atom stereocenters. The molecule has 4 atom stereocenters. The molecular weight excluding hydrogens is 380 g/mol. The summed E-state index contributed by atoms with van der Waals surface area (Å²) >= 11 is 3.95. The molecule has 154 valence electrons. The molecule has 0 fully saturated rings. The first kappa shape index (κ1) is 24.7. The predicted molar refractivity (Wildman–Crippen MR) is 98.0 cm³/mol. The molecule has 11 nitrogen and oxygen atoms in total. The summed E-state index contributed by atoms with van der Waals surface area (Å²) in [6.45, 7) is 4.55. The number of nitrogens with one attached hydrogen (secondary N) is 3. The number of carboxylic acids is 2. The summed E-state index contributed by atoms with van der Waals surface area (Å²) in [4.78, 5) is 58.3. The summed E-state index contributed by atoms with van der Waals surface area (Å²) in [6.07, 6.45) is -0.727. The molecule has 0 heterocycles. The van der Waals surface area contributed by atoms with Crippen LogP contribution < -0.4 is 21.7 Å². The average molecular weight is 406 g/mol. The van der Waals surface area contributed by atoms with E-state index in [-0.39, 0.29) is 5.75 Å². The number of hydrogen-bond donors (Lipinski definition) is 7. The van der Waals surface area contributed by atoms with Crippen molar-refractivity contribution in [1.29, 1.82) is 0 Å². The van der Waals surface area contributed by atoms with Gasteiger partial charge >= 0.3 is 11.9 Å². The highest BCUT2D eigenvalue weighted by atomic mass is 32.1. The van der Waals surface area contributed by atoms with Crippen molar-refractivity contribution in [3.8, 4) is 0 Å². The largest absolute Gasteiger partial charge is 0.481 e. The molecule has 0 bridgehead atoms. The normalized spacial score (nSPS) is 15.2. The first-order chi connectivity index (χ1) is 12.4. The van der Waals surface area contributed by atoms with Gasteiger partial charge in [0.2, 0.25) is 17.7 Å². The zero-order valence-electron chi connectivity index (χ0n) is 15.3. The van der Waals surface area contributed by atoms with Gasteiger partial charge < -0.3 is 31.9 Å². The Morgan fingerprint density at radius 2 is 1.37 bits per heavy atom. The number of carboxylic acid groups (broad SMARTS) is 2. The first-order valence-corrected chi connectivity index (χ1v) is 8.76. The molecule has 7 N–H and O–H groups in total. The van der Waals surface area contributed by atoms with Gasteiger partial charge in [0.15, 0.2) is 0 Å². The van der Waals surface area contributed by atoms with Crippen LogP contribution in [0.2, 0.25) is 0 Å². The zero-order chi connectivity index (χ0) is 21.3. The van der Waals surface area contributed by atoms with Crippen molar-refractivity contribution in [2.45, 2.75) is 51.4 Å². The summed E-state index contributed by atoms with van der Waals surface area (Å²) in [5.74, 6) is -5.65. The lowest BCUT2D eigenvalue weighted by Gasteiger charge is -2.24. The highest BCUT2D eigenvalue weighted by Gasteiger charge is 2.31. The minimum absolute atomic E-state index is 0.178. The van der Waals surface area contributed by atoms with Crippen LogP contribution in [0.3, 0.4) is 0 Å². The van der Waals surface area contributed by atoms with Crippen LogP contribution in [0.5, 0.6) is 0 Å². The maximum Gasteiger partial charge on any atom is 0.326 e. The molecule has 0 aromatic heterocycles. The fourth-order valence-corrected chi connectivity index (χ4v) is 2.18. The molecule has 0 aliphatic heterocycles. The van der Waals surface area contributed by atoms with Crippen molar-refractivity contribution in [3.63, 3.8) is 0 Å². The van der Waals surface area contributed by atoms with E-state index >= 15 is 0 Å². The van der Waals surface area contributed by atoms with Crippen LogP contribution >= 0.6 is 12.6 Å². The number of thiol groups is 1. The van der Waals surface area contributed by atoms with E-state index in [9.17, 15) is 24.0 Å². The molecule has 3 amide bonds. The lowest BCUT2D eigenvalue weighted by molar-refractivity contribution is -0.144. The molecule has 0 aliphatic carbocycles. The maximum atomic E-state index is 12.3. The van der Waals surface area contributed by atoms with E-state index in [2.05, 4.69) is 28.6 Å². The van der Waals surface area contributed by atoms with Crippen molar-refractivity contribution >= 4 is 42.3 Å². The van der Waals surface area contributed by atoms with E-state index < -0.39 is 66.2 Å². The van der Waals surface area contributed by atoms with Crippen molar-refractivity contribution in [1.82, 2.24) is 16.0 Å². The van der Waals surface area contributed by atoms with Crippen LogP contribution in [-0.2, 0) is 24.0 Å². The summed E-state index contributed by atoms with van der Waals surface area (Å²) in [6, 6.07) is -4.84. The van der Waals surface area contributed by atoms with E-state index in [0.717, 1.165) is 0 Å². The van der Waals surface area contributed by atoms with E-state index in [1.807, 2.05) is 0 Å². The fraction of sp³-hybridized carbons (Fsp3) is 0.667. The van der Waals surface area contributed by atoms with E-state index in [1.165, 1.54) is 6.92 Å². The van der Waals surface area contributed by atoms with Gasteiger partial charge in [0.1, 0.15) is 18.1 Å². The van der Waals surface area contributed by atoms with Gasteiger partial charge in [0.05, 0.1) is 12.5 Å². The average Bonchev–Trinajstić information content (AvgIpc) is 2.54. The number of carbonyl (C=O) groups is 5. The van der Waals surface area contributed by atoms with Gasteiger partial charge in [-0.1, -0.05) is 13.8 Å². The Hall–Kier alpha value is -2.34. The van der Waals surface area contributed by atoms with Gasteiger partial charge in [-0.05, 0) is 12.8 Å². The summed E-state index contributed by atoms with van der Waals surface area (Å²) in [5.41, 5.74) is 5.38. The van der Waals surface area contributed by atoms with Crippen molar-refractivity contribution in [2.24, 2.45) is 11.7 Å². The molecule has 12 heteroatoms. The third-order valence-corrected chi connectivity index (χ3v) is 3.84. The third-order valence-electron chi connectivity index (χ3n) is 3.47. The molecule has 0 rings (SSSR count). The van der Waals surface area contributed by atoms with Crippen molar-refractivity contribution in [3.05, 3.63) is 0 Å². The minimum atomic E-state index is -1.46. The number of aliphatic carboxylic acids is 2. The van der Waals surface area contributed by atoms with Crippen LogP contribution in [0, 0.1) is 5.92 Å². The van der Waals surface area contributed by atoms with Gasteiger partial charge in [-0.25, -0.2) is 4.79 Å². The van der Waals surface area contributed by atoms with Gasteiger partial charge in [-0.2, -0.15) is 12.6 Å². The van der Waals surface area contributed by atoms with Crippen LogP contribution in [-0.4, -0.2) is 69.8 Å². The van der Waals surface area contributed by atoms with Crippen LogP contribution in [0.15, 0.2) is 0 Å². The first-order valence-electron chi connectivity index (χ1n) is 8.12. The molecule has 0 saturated carbocycles. The number of rotatable bonds is 11. The molecule has 0 aromatic carbocycles. The van der Waals surface area contributed by atoms with Gasteiger partial charge in [-0.15, -0.1) is 0 Å². The summed E-state index contributed by atoms with van der Waals surface area (Å²) < 4.78 is 0. The topological polar surface area (TPSA) is 188 Å². The molecule has 0 aliphatic rings. The molecule has 0 spiro atoms. The Labute approximate surface area is 161 Å². The molecule has 0 aromatic rings. The number of nitrogens with two attached hydrogens (primary N) is 1. The van der Waals surface area contributed by atoms with Gasteiger partial charge in [0, 0.05) is 5.75 Å². The van der Waals surface area contributed by atoms with E-state index in [0.29, 0.717) is 0 Å². The SMILES string of the molecule is CC(N)C(=O)NC(CC(=O)O)C(=O)NC(CS)C(=O)NC(C(=O)O)C(C)C. The maximum absolute atomic E-state index is 12.3. The summed E-state index contributed by atoms with van der Waals surface area (Å²) in [5, 5.41) is 24.8. The monoisotopic (exact) mass is 406 g/mol. The fourth-order valence-electron chi connectivity index (χ4n) is 1.92. The molecule has 0 saturated heterocycles. The molecule has 0 radical (unpaired) electrons. The second-order valence-electron chi connectivity index (χ2n) is 6.26. The minimum Gasteiger partial charge on any atom is -0.481 e. The van der Waals surface area contributed by atoms with Crippen LogP contribution in [0.1, 0.15) is 27.2 Å². The lowest BCUT2D eigenvalue weighted by Crippen LogP contribution is -2.58. The molecule has 27 heavy (non-hydrogen) atoms. The van der Waals surface area contributed by atoms with Crippen molar-refractivity contribution in [2.75, 3.05) is 5.75 Å². The van der Waals surface area contributed by atoms with Crippen LogP contribution in [0.4, 0.5) is 0 Å². The smallest absolute Gasteiger partial charge is 0.326 e. The standard InChI is InChI=1S/C15H26N4O7S/c1-6(2)11(15(25)26)19-14(24)9(5-27)18-13(23)8(4-10(20)21)17-12(22)7(3)16/h6-9,11,27H,4-5,16H2,1-3H3,(H,17,22)(H,18,23)(H,19,24)(H,20,21)(H,25,26). The Balaban J connectivity index is 5.17. The second kappa shape index (κ2) is 11.4. The summed E-state index contributed by atoms with van der Waals surface area (Å²) in [7, 11) is 0. The third kappa shape index (κ3) is 8.73. The Bertz CT molecular complexity index is 583. The Morgan fingerprint density at radius 3 is 1.74 bits per heavy atom. The Morgan fingerprint density at radius 1 is 0.889 bits per heavy atom. The quantitative estimate of drug-likeness (QED) is 0.191. The zero-order valence-corrected chi connectivity index (χ0v) is 16.2. The Kier molecular flexibility index (Phi) is 10.4. The van der Waals surface area contributed by atoms with Gasteiger partial charge in [0.25, 0.3) is 0 Å².